The highest BCUT2D eigenvalue weighted by atomic mass is 16.3. The molecule has 0 fully saturated rings. The van der Waals surface area contributed by atoms with E-state index in [9.17, 15) is 5.11 Å². The van der Waals surface area contributed by atoms with E-state index < -0.39 is 0 Å². The number of aromatic nitrogens is 1. The molecule has 2 aromatic carbocycles. The van der Waals surface area contributed by atoms with Crippen LogP contribution in [0.15, 0.2) is 36.4 Å². The number of nitrogens with two attached hydrogens (primary N) is 1. The lowest BCUT2D eigenvalue weighted by Crippen LogP contribution is -1.89. The summed E-state index contributed by atoms with van der Waals surface area (Å²) in [5.41, 5.74) is 8.37. The minimum absolute atomic E-state index is 0.242. The first-order chi connectivity index (χ1) is 7.68. The number of anilines is 1. The van der Waals surface area contributed by atoms with Crippen LogP contribution in [-0.2, 0) is 7.05 Å². The number of nitrogen functional groups attached to an aromatic ring is 1. The second kappa shape index (κ2) is 2.92. The van der Waals surface area contributed by atoms with Crippen LogP contribution in [0.4, 0.5) is 5.69 Å². The molecule has 0 bridgehead atoms. The van der Waals surface area contributed by atoms with E-state index in [1.54, 1.807) is 6.07 Å². The van der Waals surface area contributed by atoms with Crippen LogP contribution < -0.4 is 5.73 Å². The lowest BCUT2D eigenvalue weighted by Gasteiger charge is -2.00. The monoisotopic (exact) mass is 212 g/mol. The van der Waals surface area contributed by atoms with Crippen LogP contribution in [0.1, 0.15) is 0 Å². The number of phenols is 1. The fourth-order valence-corrected chi connectivity index (χ4v) is 2.28. The number of nitrogens with zero attached hydrogens (tertiary/aromatic N) is 1. The van der Waals surface area contributed by atoms with Gasteiger partial charge in [0.15, 0.2) is 0 Å². The zero-order valence-corrected chi connectivity index (χ0v) is 8.94. The number of benzene rings is 2. The minimum atomic E-state index is 0.242. The Morgan fingerprint density at radius 1 is 1.12 bits per heavy atom. The molecule has 0 saturated carbocycles. The van der Waals surface area contributed by atoms with Crippen molar-refractivity contribution in [1.29, 1.82) is 0 Å². The van der Waals surface area contributed by atoms with Gasteiger partial charge >= 0.3 is 0 Å². The SMILES string of the molecule is Cn1c2ccccc2c2c(O)cc(N)cc21. The molecule has 3 rings (SSSR count). The number of rotatable bonds is 0. The second-order valence-corrected chi connectivity index (χ2v) is 4.01. The second-order valence-electron chi connectivity index (χ2n) is 4.01. The van der Waals surface area contributed by atoms with Crippen LogP contribution in [-0.4, -0.2) is 9.67 Å². The molecular formula is C13H12N2O. The Hall–Kier alpha value is -2.16. The molecule has 1 heterocycles. The number of hydrogen-bond donors (Lipinski definition) is 2. The number of aromatic hydroxyl groups is 1. The third kappa shape index (κ3) is 1.03. The Labute approximate surface area is 92.7 Å². The molecule has 3 aromatic rings. The maximum atomic E-state index is 9.97. The molecule has 0 aliphatic rings. The van der Waals surface area contributed by atoms with E-state index in [1.165, 1.54) is 0 Å². The van der Waals surface area contributed by atoms with E-state index in [2.05, 4.69) is 0 Å². The maximum absolute atomic E-state index is 9.97. The molecule has 0 aliphatic carbocycles. The van der Waals surface area contributed by atoms with Crippen molar-refractivity contribution in [2.24, 2.45) is 7.05 Å². The molecular weight excluding hydrogens is 200 g/mol. The van der Waals surface area contributed by atoms with E-state index in [1.807, 2.05) is 41.9 Å². The normalized spacial score (nSPS) is 11.3. The van der Waals surface area contributed by atoms with Gasteiger partial charge in [-0.2, -0.15) is 0 Å². The van der Waals surface area contributed by atoms with Crippen molar-refractivity contribution in [3.8, 4) is 5.75 Å². The summed E-state index contributed by atoms with van der Waals surface area (Å²) in [6.07, 6.45) is 0. The Balaban J connectivity index is 2.67. The smallest absolute Gasteiger partial charge is 0.127 e. The van der Waals surface area contributed by atoms with Gasteiger partial charge in [-0.3, -0.25) is 0 Å². The summed E-state index contributed by atoms with van der Waals surface area (Å²) in [4.78, 5) is 0. The first-order valence-corrected chi connectivity index (χ1v) is 5.14. The Morgan fingerprint density at radius 2 is 1.88 bits per heavy atom. The summed E-state index contributed by atoms with van der Waals surface area (Å²) in [5, 5.41) is 11.9. The third-order valence-electron chi connectivity index (χ3n) is 3.02. The highest BCUT2D eigenvalue weighted by molar-refractivity contribution is 6.11. The van der Waals surface area contributed by atoms with Gasteiger partial charge in [0.2, 0.25) is 0 Å². The quantitative estimate of drug-likeness (QED) is 0.563. The van der Waals surface area contributed by atoms with Gasteiger partial charge in [-0.15, -0.1) is 0 Å². The van der Waals surface area contributed by atoms with E-state index in [4.69, 9.17) is 5.73 Å². The molecule has 0 saturated heterocycles. The van der Waals surface area contributed by atoms with Gasteiger partial charge in [0, 0.05) is 35.1 Å². The summed E-state index contributed by atoms with van der Waals surface area (Å²) in [6.45, 7) is 0. The molecule has 3 nitrogen and oxygen atoms in total. The lowest BCUT2D eigenvalue weighted by molar-refractivity contribution is 0.482. The van der Waals surface area contributed by atoms with Gasteiger partial charge in [-0.1, -0.05) is 18.2 Å². The van der Waals surface area contributed by atoms with E-state index >= 15 is 0 Å². The average molecular weight is 212 g/mol. The standard InChI is InChI=1S/C13H12N2O/c1-15-10-5-3-2-4-9(10)13-11(15)6-8(14)7-12(13)16/h2-7,16H,14H2,1H3. The summed E-state index contributed by atoms with van der Waals surface area (Å²) in [7, 11) is 1.98. The Morgan fingerprint density at radius 3 is 2.69 bits per heavy atom. The summed E-state index contributed by atoms with van der Waals surface area (Å²) < 4.78 is 2.04. The predicted molar refractivity (Wildman–Crippen MR) is 66.5 cm³/mol. The molecule has 0 amide bonds. The van der Waals surface area contributed by atoms with Crippen molar-refractivity contribution in [2.45, 2.75) is 0 Å². The van der Waals surface area contributed by atoms with Crippen molar-refractivity contribution in [2.75, 3.05) is 5.73 Å². The van der Waals surface area contributed by atoms with Crippen molar-refractivity contribution in [3.05, 3.63) is 36.4 Å². The van der Waals surface area contributed by atoms with Crippen molar-refractivity contribution in [1.82, 2.24) is 4.57 Å². The topological polar surface area (TPSA) is 51.2 Å². The van der Waals surface area contributed by atoms with Crippen molar-refractivity contribution >= 4 is 27.5 Å². The zero-order valence-electron chi connectivity index (χ0n) is 8.94. The van der Waals surface area contributed by atoms with Crippen LogP contribution in [0.2, 0.25) is 0 Å². The summed E-state index contributed by atoms with van der Waals surface area (Å²) in [6, 6.07) is 11.5. The van der Waals surface area contributed by atoms with E-state index in [0.717, 1.165) is 21.8 Å². The van der Waals surface area contributed by atoms with Gasteiger partial charge in [-0.25, -0.2) is 0 Å². The highest BCUT2D eigenvalue weighted by Gasteiger charge is 2.11. The fraction of sp³-hybridized carbons (Fsp3) is 0.0769. The minimum Gasteiger partial charge on any atom is -0.507 e. The van der Waals surface area contributed by atoms with Crippen LogP contribution in [0.25, 0.3) is 21.8 Å². The number of fused-ring (bicyclic) bond motifs is 3. The number of para-hydroxylation sites is 1. The molecule has 16 heavy (non-hydrogen) atoms. The molecule has 3 N–H and O–H groups in total. The van der Waals surface area contributed by atoms with Crippen LogP contribution in [0, 0.1) is 0 Å². The zero-order chi connectivity index (χ0) is 11.3. The first-order valence-electron chi connectivity index (χ1n) is 5.14. The number of phenolic OH excluding ortho intramolecular Hbond substituents is 1. The number of hydrogen-bond acceptors (Lipinski definition) is 2. The maximum Gasteiger partial charge on any atom is 0.127 e. The van der Waals surface area contributed by atoms with Gasteiger partial charge < -0.3 is 15.4 Å². The van der Waals surface area contributed by atoms with E-state index in [0.29, 0.717) is 5.69 Å². The lowest BCUT2D eigenvalue weighted by atomic mass is 10.1. The molecule has 80 valence electrons. The molecule has 0 unspecified atom stereocenters. The van der Waals surface area contributed by atoms with Gasteiger partial charge in [-0.05, 0) is 12.1 Å². The molecule has 3 heteroatoms. The largest absolute Gasteiger partial charge is 0.507 e. The van der Waals surface area contributed by atoms with Crippen LogP contribution in [0.3, 0.4) is 0 Å². The van der Waals surface area contributed by atoms with Gasteiger partial charge in [0.1, 0.15) is 5.75 Å². The Kier molecular flexibility index (Phi) is 1.66. The summed E-state index contributed by atoms with van der Waals surface area (Å²) in [5.74, 6) is 0.242. The van der Waals surface area contributed by atoms with Crippen LogP contribution >= 0.6 is 0 Å². The molecule has 0 aliphatic heterocycles. The van der Waals surface area contributed by atoms with Crippen molar-refractivity contribution < 1.29 is 5.11 Å². The third-order valence-corrected chi connectivity index (χ3v) is 3.02. The van der Waals surface area contributed by atoms with Gasteiger partial charge in [0.25, 0.3) is 0 Å². The predicted octanol–water partition coefficient (Wildman–Crippen LogP) is 2.62. The molecule has 0 spiro atoms. The first kappa shape index (κ1) is 9.09. The van der Waals surface area contributed by atoms with E-state index in [-0.39, 0.29) is 5.75 Å². The Bertz CT molecular complexity index is 698. The summed E-state index contributed by atoms with van der Waals surface area (Å²) >= 11 is 0. The van der Waals surface area contributed by atoms with Crippen LogP contribution in [0.5, 0.6) is 5.75 Å². The highest BCUT2D eigenvalue weighted by Crippen LogP contribution is 2.35. The average Bonchev–Trinajstić information content (AvgIpc) is 2.54. The van der Waals surface area contributed by atoms with Crippen molar-refractivity contribution in [3.63, 3.8) is 0 Å². The molecule has 0 atom stereocenters. The molecule has 1 aromatic heterocycles. The fourth-order valence-electron chi connectivity index (χ4n) is 2.28. The van der Waals surface area contributed by atoms with Gasteiger partial charge in [0.05, 0.1) is 5.52 Å². The molecule has 0 radical (unpaired) electrons. The number of aryl methyl sites for hydroxylation is 1.